The van der Waals surface area contributed by atoms with Gasteiger partial charge in [-0.25, -0.2) is 0 Å². The van der Waals surface area contributed by atoms with Gasteiger partial charge in [0.2, 0.25) is 0 Å². The highest BCUT2D eigenvalue weighted by molar-refractivity contribution is 6.36. The lowest BCUT2D eigenvalue weighted by Crippen LogP contribution is -2.43. The number of hydrogen-bond donors (Lipinski definition) is 2. The molecule has 1 fully saturated rings. The van der Waals surface area contributed by atoms with Gasteiger partial charge < -0.3 is 4.74 Å². The second-order valence-corrected chi connectivity index (χ2v) is 5.63. The van der Waals surface area contributed by atoms with Crippen LogP contribution < -0.4 is 11.3 Å². The average Bonchev–Trinajstić information content (AvgIpc) is 2.76. The van der Waals surface area contributed by atoms with E-state index in [1.807, 2.05) is 18.2 Å². The Morgan fingerprint density at radius 2 is 2.11 bits per heavy atom. The quantitative estimate of drug-likeness (QED) is 0.662. The Balaban J connectivity index is 2.10. The van der Waals surface area contributed by atoms with E-state index in [1.54, 1.807) is 0 Å². The van der Waals surface area contributed by atoms with Crippen LogP contribution in [0.15, 0.2) is 18.2 Å². The number of hydrogen-bond acceptors (Lipinski definition) is 3. The van der Waals surface area contributed by atoms with Gasteiger partial charge in [0.25, 0.3) is 0 Å². The standard InChI is InChI=1S/C13H18Cl2N2O/c1-8-5-9(7-18-8)13(17-16)6-10-11(14)3-2-4-12(10)15/h2-4,8-9,13,17H,5-7,16H2,1H3. The van der Waals surface area contributed by atoms with Gasteiger partial charge in [0.05, 0.1) is 12.7 Å². The normalized spacial score (nSPS) is 25.3. The Morgan fingerprint density at radius 3 is 2.61 bits per heavy atom. The Hall–Kier alpha value is -0.320. The van der Waals surface area contributed by atoms with Crippen LogP contribution in [0.2, 0.25) is 10.0 Å². The van der Waals surface area contributed by atoms with Crippen LogP contribution in [0.5, 0.6) is 0 Å². The van der Waals surface area contributed by atoms with Crippen LogP contribution in [0.4, 0.5) is 0 Å². The number of nitrogens with two attached hydrogens (primary N) is 1. The van der Waals surface area contributed by atoms with Crippen molar-refractivity contribution in [2.45, 2.75) is 31.9 Å². The van der Waals surface area contributed by atoms with Crippen molar-refractivity contribution in [2.75, 3.05) is 6.61 Å². The van der Waals surface area contributed by atoms with Crippen LogP contribution in [-0.4, -0.2) is 18.8 Å². The SMILES string of the molecule is CC1CC(C(Cc2c(Cl)cccc2Cl)NN)CO1. The van der Waals surface area contributed by atoms with E-state index in [4.69, 9.17) is 33.8 Å². The fourth-order valence-electron chi connectivity index (χ4n) is 2.44. The van der Waals surface area contributed by atoms with E-state index in [-0.39, 0.29) is 6.04 Å². The van der Waals surface area contributed by atoms with Crippen LogP contribution in [0, 0.1) is 5.92 Å². The summed E-state index contributed by atoms with van der Waals surface area (Å²) in [4.78, 5) is 0. The van der Waals surface area contributed by atoms with Gasteiger partial charge >= 0.3 is 0 Å². The zero-order valence-electron chi connectivity index (χ0n) is 10.3. The number of hydrazine groups is 1. The lowest BCUT2D eigenvalue weighted by molar-refractivity contribution is 0.117. The Bertz CT molecular complexity index is 394. The summed E-state index contributed by atoms with van der Waals surface area (Å²) < 4.78 is 5.58. The molecule has 3 unspecified atom stereocenters. The minimum Gasteiger partial charge on any atom is -0.378 e. The van der Waals surface area contributed by atoms with Crippen molar-refractivity contribution in [3.05, 3.63) is 33.8 Å². The summed E-state index contributed by atoms with van der Waals surface area (Å²) in [5, 5.41) is 1.38. The number of nitrogens with one attached hydrogen (secondary N) is 1. The summed E-state index contributed by atoms with van der Waals surface area (Å²) >= 11 is 12.4. The van der Waals surface area contributed by atoms with Gasteiger partial charge in [-0.15, -0.1) is 0 Å². The van der Waals surface area contributed by atoms with Gasteiger partial charge in [0.15, 0.2) is 0 Å². The molecule has 1 aliphatic rings. The first-order valence-electron chi connectivity index (χ1n) is 6.12. The van der Waals surface area contributed by atoms with E-state index in [0.717, 1.165) is 25.0 Å². The fraction of sp³-hybridized carbons (Fsp3) is 0.538. The Labute approximate surface area is 118 Å². The minimum atomic E-state index is 0.132. The Kier molecular flexibility index (Phi) is 4.87. The molecule has 0 spiro atoms. The highest BCUT2D eigenvalue weighted by Crippen LogP contribution is 2.29. The molecule has 0 radical (unpaired) electrons. The topological polar surface area (TPSA) is 47.3 Å². The highest BCUT2D eigenvalue weighted by atomic mass is 35.5. The van der Waals surface area contributed by atoms with E-state index < -0.39 is 0 Å². The summed E-state index contributed by atoms with van der Waals surface area (Å²) in [6, 6.07) is 5.68. The molecule has 100 valence electrons. The maximum Gasteiger partial charge on any atom is 0.0551 e. The predicted molar refractivity (Wildman–Crippen MR) is 74.8 cm³/mol. The molecule has 5 heteroatoms. The molecule has 18 heavy (non-hydrogen) atoms. The largest absolute Gasteiger partial charge is 0.378 e. The molecule has 1 aromatic rings. The van der Waals surface area contributed by atoms with Crippen molar-refractivity contribution in [1.82, 2.24) is 5.43 Å². The van der Waals surface area contributed by atoms with Crippen molar-refractivity contribution in [2.24, 2.45) is 11.8 Å². The number of rotatable bonds is 4. The van der Waals surface area contributed by atoms with Crippen molar-refractivity contribution in [1.29, 1.82) is 0 Å². The first kappa shape index (κ1) is 14.1. The van der Waals surface area contributed by atoms with Crippen molar-refractivity contribution in [3.63, 3.8) is 0 Å². The minimum absolute atomic E-state index is 0.132. The summed E-state index contributed by atoms with van der Waals surface area (Å²) in [6.45, 7) is 2.81. The maximum absolute atomic E-state index is 6.18. The predicted octanol–water partition coefficient (Wildman–Crippen LogP) is 2.79. The first-order chi connectivity index (χ1) is 8.61. The smallest absolute Gasteiger partial charge is 0.0551 e. The molecule has 3 nitrogen and oxygen atoms in total. The van der Waals surface area contributed by atoms with E-state index in [9.17, 15) is 0 Å². The first-order valence-corrected chi connectivity index (χ1v) is 6.88. The third-order valence-corrected chi connectivity index (χ3v) is 4.21. The molecule has 1 saturated heterocycles. The van der Waals surface area contributed by atoms with Gasteiger partial charge in [-0.1, -0.05) is 29.3 Å². The summed E-state index contributed by atoms with van der Waals surface area (Å²) in [6.07, 6.45) is 2.03. The van der Waals surface area contributed by atoms with Gasteiger partial charge in [0, 0.05) is 22.0 Å². The van der Waals surface area contributed by atoms with Gasteiger partial charge in [-0.2, -0.15) is 0 Å². The molecule has 1 aliphatic heterocycles. The number of halogens is 2. The molecule has 1 aromatic carbocycles. The number of ether oxygens (including phenoxy) is 1. The lowest BCUT2D eigenvalue weighted by atomic mass is 9.92. The van der Waals surface area contributed by atoms with Gasteiger partial charge in [-0.05, 0) is 37.5 Å². The van der Waals surface area contributed by atoms with Crippen molar-refractivity contribution < 1.29 is 4.74 Å². The van der Waals surface area contributed by atoms with Crippen molar-refractivity contribution >= 4 is 23.2 Å². The fourth-order valence-corrected chi connectivity index (χ4v) is 2.99. The molecule has 0 aromatic heterocycles. The van der Waals surface area contributed by atoms with Crippen molar-refractivity contribution in [3.8, 4) is 0 Å². The molecule has 2 rings (SSSR count). The molecule has 3 N–H and O–H groups in total. The Morgan fingerprint density at radius 1 is 1.44 bits per heavy atom. The lowest BCUT2D eigenvalue weighted by Gasteiger charge is -2.22. The van der Waals surface area contributed by atoms with Gasteiger partial charge in [-0.3, -0.25) is 11.3 Å². The van der Waals surface area contributed by atoms with Gasteiger partial charge in [0.1, 0.15) is 0 Å². The third kappa shape index (κ3) is 3.16. The molecule has 0 saturated carbocycles. The monoisotopic (exact) mass is 288 g/mol. The van der Waals surface area contributed by atoms with E-state index in [2.05, 4.69) is 12.3 Å². The molecule has 3 atom stereocenters. The number of benzene rings is 1. The van der Waals surface area contributed by atoms with E-state index >= 15 is 0 Å². The average molecular weight is 289 g/mol. The molecule has 0 aliphatic carbocycles. The maximum atomic E-state index is 6.18. The molecular weight excluding hydrogens is 271 g/mol. The second-order valence-electron chi connectivity index (χ2n) is 4.82. The molecule has 0 amide bonds. The van der Waals surface area contributed by atoms with Crippen LogP contribution >= 0.6 is 23.2 Å². The zero-order valence-corrected chi connectivity index (χ0v) is 11.8. The van der Waals surface area contributed by atoms with E-state index in [1.165, 1.54) is 0 Å². The van der Waals surface area contributed by atoms with Crippen LogP contribution in [0.3, 0.4) is 0 Å². The highest BCUT2D eigenvalue weighted by Gasteiger charge is 2.29. The molecular formula is C13H18Cl2N2O. The van der Waals surface area contributed by atoms with Crippen LogP contribution in [-0.2, 0) is 11.2 Å². The zero-order chi connectivity index (χ0) is 13.1. The summed E-state index contributed by atoms with van der Waals surface area (Å²) in [5.41, 5.74) is 3.82. The second kappa shape index (κ2) is 6.22. The van der Waals surface area contributed by atoms with Crippen LogP contribution in [0.1, 0.15) is 18.9 Å². The van der Waals surface area contributed by atoms with E-state index in [0.29, 0.717) is 22.1 Å². The summed E-state index contributed by atoms with van der Waals surface area (Å²) in [7, 11) is 0. The third-order valence-electron chi connectivity index (χ3n) is 3.50. The molecule has 0 bridgehead atoms. The summed E-state index contributed by atoms with van der Waals surface area (Å²) in [5.74, 6) is 6.05. The van der Waals surface area contributed by atoms with Crippen LogP contribution in [0.25, 0.3) is 0 Å². The molecule has 1 heterocycles.